The van der Waals surface area contributed by atoms with Crippen molar-refractivity contribution in [3.05, 3.63) is 64.5 Å². The molecule has 2 rings (SSSR count). The van der Waals surface area contributed by atoms with Gasteiger partial charge >= 0.3 is 12.1 Å². The zero-order valence-corrected chi connectivity index (χ0v) is 15.2. The standard InChI is InChI=1S/C18H11F8NO4/c1-2-31-16(29)17(30,18(24,25)26)7-3-5-8(6-4-7)27-15(28)9-10(19)12(21)14(23)13(22)11(9)20/h3-6,30H,2H2,1H3,(H,27,28). The number of carbonyl (C=O) groups is 2. The van der Waals surface area contributed by atoms with Gasteiger partial charge in [0.1, 0.15) is 5.56 Å². The van der Waals surface area contributed by atoms with Crippen molar-refractivity contribution in [2.75, 3.05) is 11.9 Å². The van der Waals surface area contributed by atoms with Crippen molar-refractivity contribution in [1.82, 2.24) is 0 Å². The SMILES string of the molecule is CCOC(=O)C(O)(c1ccc(NC(=O)c2c(F)c(F)c(F)c(F)c2F)cc1)C(F)(F)F. The van der Waals surface area contributed by atoms with Crippen LogP contribution in [-0.2, 0) is 15.1 Å². The Balaban J connectivity index is 2.39. The van der Waals surface area contributed by atoms with Gasteiger partial charge in [0, 0.05) is 11.3 Å². The Kier molecular flexibility index (Phi) is 6.59. The normalized spacial score (nSPS) is 13.5. The average Bonchev–Trinajstić information content (AvgIpc) is 2.70. The van der Waals surface area contributed by atoms with Crippen LogP contribution < -0.4 is 5.32 Å². The Bertz CT molecular complexity index is 994. The van der Waals surface area contributed by atoms with Gasteiger partial charge in [0.25, 0.3) is 11.5 Å². The number of hydrogen-bond donors (Lipinski definition) is 2. The fraction of sp³-hybridized carbons (Fsp3) is 0.222. The number of carbonyl (C=O) groups excluding carboxylic acids is 2. The Morgan fingerprint density at radius 3 is 1.77 bits per heavy atom. The minimum absolute atomic E-state index is 0.453. The highest BCUT2D eigenvalue weighted by Crippen LogP contribution is 2.40. The van der Waals surface area contributed by atoms with Crippen LogP contribution >= 0.6 is 0 Å². The van der Waals surface area contributed by atoms with E-state index in [1.54, 1.807) is 5.32 Å². The van der Waals surface area contributed by atoms with Crippen molar-refractivity contribution in [2.24, 2.45) is 0 Å². The molecule has 0 bridgehead atoms. The first-order chi connectivity index (χ1) is 14.3. The van der Waals surface area contributed by atoms with Crippen molar-refractivity contribution in [3.63, 3.8) is 0 Å². The van der Waals surface area contributed by atoms with Crippen LogP contribution in [0.3, 0.4) is 0 Å². The van der Waals surface area contributed by atoms with E-state index >= 15 is 0 Å². The van der Waals surface area contributed by atoms with Gasteiger partial charge in [-0.2, -0.15) is 13.2 Å². The van der Waals surface area contributed by atoms with E-state index in [1.165, 1.54) is 6.92 Å². The van der Waals surface area contributed by atoms with Crippen molar-refractivity contribution in [3.8, 4) is 0 Å². The van der Waals surface area contributed by atoms with Crippen LogP contribution in [0.4, 0.5) is 40.8 Å². The zero-order valence-electron chi connectivity index (χ0n) is 15.2. The summed E-state index contributed by atoms with van der Waals surface area (Å²) in [5.41, 5.74) is -7.36. The summed E-state index contributed by atoms with van der Waals surface area (Å²) in [5.74, 6) is -15.9. The van der Waals surface area contributed by atoms with Crippen LogP contribution in [0.2, 0.25) is 0 Å². The lowest BCUT2D eigenvalue weighted by molar-refractivity contribution is -0.267. The molecule has 1 amide bonds. The second-order valence-electron chi connectivity index (χ2n) is 5.91. The molecule has 31 heavy (non-hydrogen) atoms. The molecule has 0 spiro atoms. The molecule has 0 heterocycles. The first-order valence-electron chi connectivity index (χ1n) is 8.16. The van der Waals surface area contributed by atoms with E-state index in [0.29, 0.717) is 24.3 Å². The summed E-state index contributed by atoms with van der Waals surface area (Å²) in [6.07, 6.45) is -5.50. The maximum absolute atomic E-state index is 13.7. The highest BCUT2D eigenvalue weighted by atomic mass is 19.4. The third-order valence-electron chi connectivity index (χ3n) is 3.98. The Morgan fingerprint density at radius 1 is 0.903 bits per heavy atom. The third-order valence-corrected chi connectivity index (χ3v) is 3.98. The van der Waals surface area contributed by atoms with Gasteiger partial charge in [0.2, 0.25) is 5.82 Å². The molecule has 0 saturated heterocycles. The molecular weight excluding hydrogens is 446 g/mol. The van der Waals surface area contributed by atoms with E-state index in [0.717, 1.165) is 0 Å². The topological polar surface area (TPSA) is 75.6 Å². The molecule has 0 fully saturated rings. The first-order valence-corrected chi connectivity index (χ1v) is 8.16. The second kappa shape index (κ2) is 8.49. The van der Waals surface area contributed by atoms with Crippen LogP contribution in [0, 0.1) is 29.1 Å². The molecule has 2 aromatic carbocycles. The number of hydrogen-bond acceptors (Lipinski definition) is 4. The van der Waals surface area contributed by atoms with Crippen LogP contribution in [0.15, 0.2) is 24.3 Å². The Labute approximate surface area is 168 Å². The van der Waals surface area contributed by atoms with Gasteiger partial charge in [-0.05, 0) is 19.1 Å². The Morgan fingerprint density at radius 2 is 1.35 bits per heavy atom. The number of anilines is 1. The first kappa shape index (κ1) is 24.1. The predicted octanol–water partition coefficient (Wildman–Crippen LogP) is 3.95. The third kappa shape index (κ3) is 4.17. The second-order valence-corrected chi connectivity index (χ2v) is 5.91. The van der Waals surface area contributed by atoms with Crippen molar-refractivity contribution >= 4 is 17.6 Å². The largest absolute Gasteiger partial charge is 0.463 e. The quantitative estimate of drug-likeness (QED) is 0.309. The van der Waals surface area contributed by atoms with Gasteiger partial charge in [-0.1, -0.05) is 12.1 Å². The maximum atomic E-state index is 13.7. The molecule has 0 aliphatic heterocycles. The summed E-state index contributed by atoms with van der Waals surface area (Å²) in [4.78, 5) is 23.6. The lowest BCUT2D eigenvalue weighted by atomic mass is 9.93. The highest BCUT2D eigenvalue weighted by molar-refractivity contribution is 6.04. The summed E-state index contributed by atoms with van der Waals surface area (Å²) < 4.78 is 111. The smallest absolute Gasteiger partial charge is 0.432 e. The van der Waals surface area contributed by atoms with Crippen LogP contribution in [0.1, 0.15) is 22.8 Å². The number of nitrogens with one attached hydrogen (secondary N) is 1. The highest BCUT2D eigenvalue weighted by Gasteiger charge is 2.62. The number of esters is 1. The monoisotopic (exact) mass is 457 g/mol. The van der Waals surface area contributed by atoms with Crippen LogP contribution in [-0.4, -0.2) is 29.8 Å². The fourth-order valence-electron chi connectivity index (χ4n) is 2.43. The van der Waals surface area contributed by atoms with Gasteiger partial charge in [-0.15, -0.1) is 0 Å². The molecule has 1 unspecified atom stereocenters. The lowest BCUT2D eigenvalue weighted by Gasteiger charge is -2.28. The lowest BCUT2D eigenvalue weighted by Crippen LogP contribution is -2.50. The molecule has 0 aliphatic carbocycles. The van der Waals surface area contributed by atoms with Crippen molar-refractivity contribution in [1.29, 1.82) is 0 Å². The van der Waals surface area contributed by atoms with E-state index in [1.807, 2.05) is 0 Å². The number of halogens is 8. The molecule has 0 radical (unpaired) electrons. The van der Waals surface area contributed by atoms with E-state index in [2.05, 4.69) is 4.74 Å². The molecule has 168 valence electrons. The van der Waals surface area contributed by atoms with Gasteiger partial charge in [0.15, 0.2) is 23.3 Å². The number of alkyl halides is 3. The fourth-order valence-corrected chi connectivity index (χ4v) is 2.43. The summed E-state index contributed by atoms with van der Waals surface area (Å²) in [6.45, 7) is 0.722. The molecule has 0 aromatic heterocycles. The summed E-state index contributed by atoms with van der Waals surface area (Å²) in [6, 6.07) is 2.46. The molecule has 0 saturated carbocycles. The van der Waals surface area contributed by atoms with E-state index in [-0.39, 0.29) is 0 Å². The van der Waals surface area contributed by atoms with Crippen molar-refractivity contribution < 1.29 is 54.6 Å². The molecule has 5 nitrogen and oxygen atoms in total. The number of aliphatic hydroxyl groups is 1. The molecule has 1 atom stereocenters. The van der Waals surface area contributed by atoms with Gasteiger partial charge in [-0.25, -0.2) is 26.7 Å². The van der Waals surface area contributed by atoms with Crippen LogP contribution in [0.5, 0.6) is 0 Å². The van der Waals surface area contributed by atoms with Gasteiger partial charge in [-0.3, -0.25) is 4.79 Å². The number of rotatable bonds is 5. The minimum atomic E-state index is -5.50. The molecule has 0 aliphatic rings. The molecule has 2 aromatic rings. The number of ether oxygens (including phenoxy) is 1. The maximum Gasteiger partial charge on any atom is 0.432 e. The Hall–Kier alpha value is -3.22. The van der Waals surface area contributed by atoms with E-state index in [9.17, 15) is 49.8 Å². The summed E-state index contributed by atoms with van der Waals surface area (Å²) in [7, 11) is 0. The summed E-state index contributed by atoms with van der Waals surface area (Å²) in [5, 5.41) is 11.7. The van der Waals surface area contributed by atoms with Crippen LogP contribution in [0.25, 0.3) is 0 Å². The molecule has 13 heteroatoms. The number of amides is 1. The summed E-state index contributed by atoms with van der Waals surface area (Å²) >= 11 is 0. The zero-order chi connectivity index (χ0) is 23.7. The van der Waals surface area contributed by atoms with E-state index < -0.39 is 76.2 Å². The predicted molar refractivity (Wildman–Crippen MR) is 87.2 cm³/mol. The molecular formula is C18H11F8NO4. The minimum Gasteiger partial charge on any atom is -0.463 e. The molecule has 2 N–H and O–H groups in total. The van der Waals surface area contributed by atoms with Gasteiger partial charge < -0.3 is 15.2 Å². The van der Waals surface area contributed by atoms with Gasteiger partial charge in [0.05, 0.1) is 6.61 Å². The number of benzene rings is 2. The van der Waals surface area contributed by atoms with Crippen molar-refractivity contribution in [2.45, 2.75) is 18.7 Å². The van der Waals surface area contributed by atoms with E-state index in [4.69, 9.17) is 0 Å². The average molecular weight is 457 g/mol.